The molecule has 0 fully saturated rings. The van der Waals surface area contributed by atoms with Crippen LogP contribution in [0.1, 0.15) is 4.88 Å². The van der Waals surface area contributed by atoms with Crippen molar-refractivity contribution in [1.82, 2.24) is 15.2 Å². The summed E-state index contributed by atoms with van der Waals surface area (Å²) in [4.78, 5) is 5.72. The molecule has 0 bridgehead atoms. The number of nitrogens with zero attached hydrogens (tertiary/aromatic N) is 2. The largest absolute Gasteiger partial charge is 0.497 e. The number of nitrogens with one attached hydrogen (secondary N) is 2. The first-order valence-corrected chi connectivity index (χ1v) is 8.18. The summed E-state index contributed by atoms with van der Waals surface area (Å²) in [5.41, 5.74) is 0.932. The van der Waals surface area contributed by atoms with Gasteiger partial charge in [0.05, 0.1) is 7.11 Å². The summed E-state index contributed by atoms with van der Waals surface area (Å²) in [5, 5.41) is 13.1. The Morgan fingerprint density at radius 2 is 2.14 bits per heavy atom. The SMILES string of the molecule is COc1ccc(Nc2nc(SCc3cccs3)n[nH]2)cc1. The number of benzene rings is 1. The third-order valence-corrected chi connectivity index (χ3v) is 4.70. The molecule has 2 heterocycles. The van der Waals surface area contributed by atoms with E-state index in [0.717, 1.165) is 22.3 Å². The molecule has 108 valence electrons. The van der Waals surface area contributed by atoms with Crippen molar-refractivity contribution >= 4 is 34.7 Å². The van der Waals surface area contributed by atoms with E-state index in [1.165, 1.54) is 4.88 Å². The molecule has 3 aromatic rings. The van der Waals surface area contributed by atoms with E-state index < -0.39 is 0 Å². The van der Waals surface area contributed by atoms with Crippen LogP contribution < -0.4 is 10.1 Å². The predicted molar refractivity (Wildman–Crippen MR) is 86.5 cm³/mol. The number of methoxy groups -OCH3 is 1. The number of thiophene rings is 1. The lowest BCUT2D eigenvalue weighted by molar-refractivity contribution is 0.415. The second kappa shape index (κ2) is 6.64. The van der Waals surface area contributed by atoms with E-state index in [0.29, 0.717) is 5.95 Å². The van der Waals surface area contributed by atoms with Crippen LogP contribution in [-0.2, 0) is 5.75 Å². The number of rotatable bonds is 6. The molecule has 0 saturated carbocycles. The van der Waals surface area contributed by atoms with Crippen LogP contribution in [0.25, 0.3) is 0 Å². The number of thioether (sulfide) groups is 1. The minimum atomic E-state index is 0.633. The van der Waals surface area contributed by atoms with Crippen LogP contribution in [0.5, 0.6) is 5.75 Å². The zero-order valence-electron chi connectivity index (χ0n) is 11.4. The zero-order valence-corrected chi connectivity index (χ0v) is 13.0. The molecule has 5 nitrogen and oxygen atoms in total. The van der Waals surface area contributed by atoms with Gasteiger partial charge < -0.3 is 10.1 Å². The molecule has 0 aliphatic heterocycles. The molecule has 0 radical (unpaired) electrons. The monoisotopic (exact) mass is 318 g/mol. The van der Waals surface area contributed by atoms with Crippen molar-refractivity contribution in [1.29, 1.82) is 0 Å². The molecular weight excluding hydrogens is 304 g/mol. The van der Waals surface area contributed by atoms with Crippen LogP contribution in [-0.4, -0.2) is 22.3 Å². The molecule has 7 heteroatoms. The molecule has 3 rings (SSSR count). The first-order chi connectivity index (χ1) is 10.3. The summed E-state index contributed by atoms with van der Waals surface area (Å²) >= 11 is 3.35. The van der Waals surface area contributed by atoms with Crippen LogP contribution in [0.4, 0.5) is 11.6 Å². The smallest absolute Gasteiger partial charge is 0.223 e. The Bertz CT molecular complexity index is 679. The maximum Gasteiger partial charge on any atom is 0.223 e. The Morgan fingerprint density at radius 1 is 1.29 bits per heavy atom. The predicted octanol–water partition coefficient (Wildman–Crippen LogP) is 3.91. The molecule has 0 amide bonds. The van der Waals surface area contributed by atoms with Gasteiger partial charge in [-0.1, -0.05) is 17.8 Å². The molecule has 0 unspecified atom stereocenters. The fraction of sp³-hybridized carbons (Fsp3) is 0.143. The normalized spacial score (nSPS) is 10.5. The standard InChI is InChI=1S/C14H14N4OS2/c1-19-11-6-4-10(5-7-11)15-13-16-14(18-17-13)21-9-12-3-2-8-20-12/h2-8H,9H2,1H3,(H2,15,16,17,18). The zero-order chi connectivity index (χ0) is 14.5. The van der Waals surface area contributed by atoms with Gasteiger partial charge in [-0.05, 0) is 35.7 Å². The molecule has 0 spiro atoms. The number of aromatic amines is 1. The molecule has 1 aromatic carbocycles. The number of hydrogen-bond acceptors (Lipinski definition) is 6. The summed E-state index contributed by atoms with van der Waals surface area (Å²) in [6.07, 6.45) is 0. The number of ether oxygens (including phenoxy) is 1. The lowest BCUT2D eigenvalue weighted by Crippen LogP contribution is -1.92. The van der Waals surface area contributed by atoms with Gasteiger partial charge in [0.15, 0.2) is 0 Å². The van der Waals surface area contributed by atoms with Crippen LogP contribution in [0, 0.1) is 0 Å². The van der Waals surface area contributed by atoms with Crippen LogP contribution in [0.2, 0.25) is 0 Å². The Hall–Kier alpha value is -1.99. The number of hydrogen-bond donors (Lipinski definition) is 2. The third-order valence-electron chi connectivity index (χ3n) is 2.74. The van der Waals surface area contributed by atoms with Gasteiger partial charge in [-0.15, -0.1) is 16.4 Å². The highest BCUT2D eigenvalue weighted by molar-refractivity contribution is 7.98. The van der Waals surface area contributed by atoms with Crippen LogP contribution in [0.3, 0.4) is 0 Å². The molecule has 2 N–H and O–H groups in total. The van der Waals surface area contributed by atoms with Gasteiger partial charge in [0.1, 0.15) is 5.75 Å². The molecule has 0 aliphatic carbocycles. The molecule has 21 heavy (non-hydrogen) atoms. The van der Waals surface area contributed by atoms with E-state index in [-0.39, 0.29) is 0 Å². The van der Waals surface area contributed by atoms with Crippen molar-refractivity contribution in [2.45, 2.75) is 10.9 Å². The fourth-order valence-electron chi connectivity index (χ4n) is 1.71. The molecule has 0 saturated heterocycles. The topological polar surface area (TPSA) is 62.8 Å². The van der Waals surface area contributed by atoms with Crippen LogP contribution in [0.15, 0.2) is 46.9 Å². The van der Waals surface area contributed by atoms with Crippen molar-refractivity contribution in [2.24, 2.45) is 0 Å². The summed E-state index contributed by atoms with van der Waals surface area (Å²) < 4.78 is 5.12. The van der Waals surface area contributed by atoms with Crippen molar-refractivity contribution in [2.75, 3.05) is 12.4 Å². The summed E-state index contributed by atoms with van der Waals surface area (Å²) in [6, 6.07) is 11.8. The molecular formula is C14H14N4OS2. The summed E-state index contributed by atoms with van der Waals surface area (Å²) in [6.45, 7) is 0. The van der Waals surface area contributed by atoms with Gasteiger partial charge in [-0.2, -0.15) is 4.98 Å². The summed E-state index contributed by atoms with van der Waals surface area (Å²) in [7, 11) is 1.65. The molecule has 0 aliphatic rings. The lowest BCUT2D eigenvalue weighted by atomic mass is 10.3. The van der Waals surface area contributed by atoms with Gasteiger partial charge in [0.2, 0.25) is 11.1 Å². The van der Waals surface area contributed by atoms with E-state index in [1.807, 2.05) is 24.3 Å². The Balaban J connectivity index is 1.59. The van der Waals surface area contributed by atoms with Gasteiger partial charge in [0, 0.05) is 16.3 Å². The average Bonchev–Trinajstić information content (AvgIpc) is 3.17. The van der Waals surface area contributed by atoms with Crippen molar-refractivity contribution < 1.29 is 4.74 Å². The van der Waals surface area contributed by atoms with Gasteiger partial charge >= 0.3 is 0 Å². The van der Waals surface area contributed by atoms with Gasteiger partial charge in [0.25, 0.3) is 0 Å². The van der Waals surface area contributed by atoms with E-state index in [2.05, 4.69) is 38.0 Å². The second-order valence-corrected chi connectivity index (χ2v) is 6.16. The van der Waals surface area contributed by atoms with Gasteiger partial charge in [-0.25, -0.2) is 5.10 Å². The fourth-order valence-corrected chi connectivity index (χ4v) is 3.28. The first kappa shape index (κ1) is 14.0. The Morgan fingerprint density at radius 3 is 2.86 bits per heavy atom. The minimum absolute atomic E-state index is 0.633. The van der Waals surface area contributed by atoms with Gasteiger partial charge in [-0.3, -0.25) is 0 Å². The quantitative estimate of drug-likeness (QED) is 0.675. The second-order valence-electron chi connectivity index (χ2n) is 4.19. The van der Waals surface area contributed by atoms with Crippen molar-refractivity contribution in [3.63, 3.8) is 0 Å². The highest BCUT2D eigenvalue weighted by Crippen LogP contribution is 2.24. The Labute approximate surface area is 130 Å². The van der Waals surface area contributed by atoms with E-state index in [1.54, 1.807) is 30.2 Å². The van der Waals surface area contributed by atoms with E-state index in [4.69, 9.17) is 4.74 Å². The number of anilines is 2. The number of aromatic nitrogens is 3. The van der Waals surface area contributed by atoms with E-state index >= 15 is 0 Å². The van der Waals surface area contributed by atoms with Crippen molar-refractivity contribution in [3.8, 4) is 5.75 Å². The van der Waals surface area contributed by atoms with Crippen molar-refractivity contribution in [3.05, 3.63) is 46.7 Å². The maximum absolute atomic E-state index is 5.12. The Kier molecular flexibility index (Phi) is 4.42. The highest BCUT2D eigenvalue weighted by Gasteiger charge is 2.05. The van der Waals surface area contributed by atoms with E-state index in [9.17, 15) is 0 Å². The van der Waals surface area contributed by atoms with Crippen LogP contribution >= 0.6 is 23.1 Å². The first-order valence-electron chi connectivity index (χ1n) is 6.32. The maximum atomic E-state index is 5.12. The average molecular weight is 318 g/mol. The molecule has 0 atom stereocenters. The number of H-pyrrole nitrogens is 1. The third kappa shape index (κ3) is 3.77. The minimum Gasteiger partial charge on any atom is -0.497 e. The lowest BCUT2D eigenvalue weighted by Gasteiger charge is -2.03. The summed E-state index contributed by atoms with van der Waals surface area (Å²) in [5.74, 6) is 2.34. The molecule has 2 aromatic heterocycles. The highest BCUT2D eigenvalue weighted by atomic mass is 32.2.